The second kappa shape index (κ2) is 4.76. The third kappa shape index (κ3) is 2.81. The summed E-state index contributed by atoms with van der Waals surface area (Å²) in [5, 5.41) is 3.09. The average molecular weight is 194 g/mol. The minimum absolute atomic E-state index is 0. The lowest BCUT2D eigenvalue weighted by Crippen LogP contribution is -2.27. The Hall–Kier alpha value is -0.0900. The van der Waals surface area contributed by atoms with E-state index < -0.39 is 0 Å². The molecule has 1 rings (SSSR count). The SMILES string of the molecule is Br.NCC[C@@H]1CN=CN1. The number of halogens is 1. The molecule has 0 aromatic heterocycles. The van der Waals surface area contributed by atoms with Gasteiger partial charge in [0, 0.05) is 6.04 Å². The minimum atomic E-state index is 0. The fourth-order valence-corrected chi connectivity index (χ4v) is 0.767. The highest BCUT2D eigenvalue weighted by atomic mass is 79.9. The van der Waals surface area contributed by atoms with Crippen molar-refractivity contribution in [3.8, 4) is 0 Å². The summed E-state index contributed by atoms with van der Waals surface area (Å²) in [5.74, 6) is 0. The van der Waals surface area contributed by atoms with Crippen LogP contribution in [-0.2, 0) is 0 Å². The molecule has 1 aliphatic heterocycles. The van der Waals surface area contributed by atoms with E-state index in [0.29, 0.717) is 6.04 Å². The van der Waals surface area contributed by atoms with Crippen molar-refractivity contribution in [2.45, 2.75) is 12.5 Å². The van der Waals surface area contributed by atoms with E-state index in [0.717, 1.165) is 19.5 Å². The van der Waals surface area contributed by atoms with Crippen LogP contribution in [0.15, 0.2) is 4.99 Å². The van der Waals surface area contributed by atoms with Crippen LogP contribution in [0.2, 0.25) is 0 Å². The third-order valence-electron chi connectivity index (χ3n) is 1.24. The van der Waals surface area contributed by atoms with Gasteiger partial charge in [-0.15, -0.1) is 17.0 Å². The number of nitrogens with one attached hydrogen (secondary N) is 1. The van der Waals surface area contributed by atoms with Crippen molar-refractivity contribution >= 4 is 23.3 Å². The minimum Gasteiger partial charge on any atom is -0.372 e. The highest BCUT2D eigenvalue weighted by molar-refractivity contribution is 8.93. The van der Waals surface area contributed by atoms with Crippen LogP contribution >= 0.6 is 17.0 Å². The molecule has 0 aromatic carbocycles. The zero-order chi connectivity index (χ0) is 5.82. The van der Waals surface area contributed by atoms with Crippen LogP contribution < -0.4 is 11.1 Å². The summed E-state index contributed by atoms with van der Waals surface area (Å²) in [6.07, 6.45) is 2.78. The smallest absolute Gasteiger partial charge is 0.0827 e. The zero-order valence-corrected chi connectivity index (χ0v) is 6.92. The number of hydrogen-bond donors (Lipinski definition) is 2. The Morgan fingerprint density at radius 2 is 2.56 bits per heavy atom. The summed E-state index contributed by atoms with van der Waals surface area (Å²) in [6.45, 7) is 1.65. The summed E-state index contributed by atoms with van der Waals surface area (Å²) < 4.78 is 0. The number of nitrogens with zero attached hydrogens (tertiary/aromatic N) is 1. The van der Waals surface area contributed by atoms with Gasteiger partial charge in [0.1, 0.15) is 0 Å². The normalized spacial score (nSPS) is 23.0. The number of aliphatic imine (C=N–C) groups is 1. The van der Waals surface area contributed by atoms with Gasteiger partial charge in [0.2, 0.25) is 0 Å². The Balaban J connectivity index is 0.000000640. The largest absolute Gasteiger partial charge is 0.372 e. The molecular weight excluding hydrogens is 182 g/mol. The first kappa shape index (κ1) is 8.91. The predicted octanol–water partition coefficient (Wildman–Crippen LogP) is -0.0868. The van der Waals surface area contributed by atoms with Crippen LogP contribution in [0.1, 0.15) is 6.42 Å². The summed E-state index contributed by atoms with van der Waals surface area (Å²) in [5.41, 5.74) is 5.31. The molecule has 0 fully saturated rings. The number of hydrogen-bond acceptors (Lipinski definition) is 3. The van der Waals surface area contributed by atoms with E-state index in [-0.39, 0.29) is 17.0 Å². The number of nitrogens with two attached hydrogens (primary N) is 1. The maximum Gasteiger partial charge on any atom is 0.0827 e. The van der Waals surface area contributed by atoms with E-state index in [1.807, 2.05) is 0 Å². The van der Waals surface area contributed by atoms with Gasteiger partial charge < -0.3 is 11.1 Å². The molecule has 1 atom stereocenters. The molecule has 1 heterocycles. The molecule has 0 saturated carbocycles. The van der Waals surface area contributed by atoms with Gasteiger partial charge >= 0.3 is 0 Å². The molecule has 0 aliphatic carbocycles. The Kier molecular flexibility index (Phi) is 4.71. The van der Waals surface area contributed by atoms with E-state index >= 15 is 0 Å². The lowest BCUT2D eigenvalue weighted by molar-refractivity contribution is 0.612. The van der Waals surface area contributed by atoms with Crippen molar-refractivity contribution < 1.29 is 0 Å². The van der Waals surface area contributed by atoms with Gasteiger partial charge in [0.05, 0.1) is 12.9 Å². The molecule has 0 aromatic rings. The Labute approximate surface area is 65.5 Å². The molecule has 9 heavy (non-hydrogen) atoms. The summed E-state index contributed by atoms with van der Waals surface area (Å²) in [7, 11) is 0. The summed E-state index contributed by atoms with van der Waals surface area (Å²) in [4.78, 5) is 3.99. The van der Waals surface area contributed by atoms with Crippen LogP contribution in [0.25, 0.3) is 0 Å². The average Bonchev–Trinajstić information content (AvgIpc) is 2.19. The van der Waals surface area contributed by atoms with Crippen LogP contribution in [0.5, 0.6) is 0 Å². The molecule has 0 bridgehead atoms. The van der Waals surface area contributed by atoms with E-state index in [9.17, 15) is 0 Å². The molecule has 1 aliphatic rings. The van der Waals surface area contributed by atoms with Crippen LogP contribution in [0, 0.1) is 0 Å². The molecule has 0 amide bonds. The standard InChI is InChI=1S/C5H11N3.BrH/c6-2-1-5-3-7-4-8-5;/h4-5H,1-3,6H2,(H,7,8);1H/t5-;/m1./s1. The maximum absolute atomic E-state index is 5.31. The summed E-state index contributed by atoms with van der Waals surface area (Å²) >= 11 is 0. The Morgan fingerprint density at radius 3 is 3.00 bits per heavy atom. The van der Waals surface area contributed by atoms with Crippen molar-refractivity contribution in [1.82, 2.24) is 5.32 Å². The fraction of sp³-hybridized carbons (Fsp3) is 0.800. The molecule has 3 nitrogen and oxygen atoms in total. The Morgan fingerprint density at radius 1 is 1.78 bits per heavy atom. The van der Waals surface area contributed by atoms with Crippen LogP contribution in [0.4, 0.5) is 0 Å². The summed E-state index contributed by atoms with van der Waals surface area (Å²) in [6, 6.07) is 0.514. The number of rotatable bonds is 2. The van der Waals surface area contributed by atoms with Gasteiger partial charge in [0.15, 0.2) is 0 Å². The molecule has 0 radical (unpaired) electrons. The maximum atomic E-state index is 5.31. The first-order valence-corrected chi connectivity index (χ1v) is 2.88. The van der Waals surface area contributed by atoms with Crippen molar-refractivity contribution in [2.75, 3.05) is 13.1 Å². The van der Waals surface area contributed by atoms with Gasteiger partial charge in [-0.05, 0) is 13.0 Å². The topological polar surface area (TPSA) is 50.4 Å². The monoisotopic (exact) mass is 193 g/mol. The van der Waals surface area contributed by atoms with Crippen LogP contribution in [0.3, 0.4) is 0 Å². The van der Waals surface area contributed by atoms with Crippen molar-refractivity contribution in [3.05, 3.63) is 0 Å². The van der Waals surface area contributed by atoms with E-state index in [4.69, 9.17) is 5.73 Å². The lowest BCUT2D eigenvalue weighted by Gasteiger charge is -2.04. The van der Waals surface area contributed by atoms with Gasteiger partial charge in [-0.25, -0.2) is 0 Å². The third-order valence-corrected chi connectivity index (χ3v) is 1.24. The van der Waals surface area contributed by atoms with E-state index in [1.54, 1.807) is 6.34 Å². The van der Waals surface area contributed by atoms with Crippen molar-refractivity contribution in [2.24, 2.45) is 10.7 Å². The first-order valence-electron chi connectivity index (χ1n) is 2.88. The lowest BCUT2D eigenvalue weighted by atomic mass is 10.2. The molecule has 4 heteroatoms. The van der Waals surface area contributed by atoms with Crippen molar-refractivity contribution in [3.63, 3.8) is 0 Å². The van der Waals surface area contributed by atoms with Crippen LogP contribution in [-0.4, -0.2) is 25.5 Å². The van der Waals surface area contributed by atoms with Gasteiger partial charge in [-0.3, -0.25) is 4.99 Å². The first-order chi connectivity index (χ1) is 3.93. The molecule has 3 N–H and O–H groups in total. The second-order valence-corrected chi connectivity index (χ2v) is 1.94. The molecule has 0 unspecified atom stereocenters. The highest BCUT2D eigenvalue weighted by Gasteiger charge is 2.06. The van der Waals surface area contributed by atoms with Gasteiger partial charge in [0.25, 0.3) is 0 Å². The molecule has 54 valence electrons. The Bertz CT molecular complexity index is 86.2. The van der Waals surface area contributed by atoms with Gasteiger partial charge in [-0.1, -0.05) is 0 Å². The molecule has 0 saturated heterocycles. The molecule has 0 spiro atoms. The quantitative estimate of drug-likeness (QED) is 0.645. The second-order valence-electron chi connectivity index (χ2n) is 1.94. The highest BCUT2D eigenvalue weighted by Crippen LogP contribution is 1.93. The van der Waals surface area contributed by atoms with Crippen molar-refractivity contribution in [1.29, 1.82) is 0 Å². The van der Waals surface area contributed by atoms with Gasteiger partial charge in [-0.2, -0.15) is 0 Å². The van der Waals surface area contributed by atoms with E-state index in [1.165, 1.54) is 0 Å². The predicted molar refractivity (Wildman–Crippen MR) is 44.3 cm³/mol. The molecular formula is C5H12BrN3. The fourth-order valence-electron chi connectivity index (χ4n) is 0.767. The van der Waals surface area contributed by atoms with E-state index in [2.05, 4.69) is 10.3 Å². The zero-order valence-electron chi connectivity index (χ0n) is 5.21.